The minimum absolute atomic E-state index is 1.29. The van der Waals surface area contributed by atoms with Crippen LogP contribution in [0.15, 0.2) is 54.6 Å². The first-order valence-corrected chi connectivity index (χ1v) is 3.74. The Morgan fingerprint density at radius 1 is 0.818 bits per heavy atom. The van der Waals surface area contributed by atoms with Crippen LogP contribution >= 0.6 is 0 Å². The van der Waals surface area contributed by atoms with Crippen LogP contribution < -0.4 is 0 Å². The molecule has 54 valence electrons. The third-order valence-corrected chi connectivity index (χ3v) is 1.77. The minimum Gasteiger partial charge on any atom is -0.176 e. The van der Waals surface area contributed by atoms with Crippen LogP contribution in [0.2, 0.25) is 0 Å². The molecule has 2 rings (SSSR count). The van der Waals surface area contributed by atoms with Crippen molar-refractivity contribution < 1.29 is 0 Å². The Kier molecular flexibility index (Phi) is 1.53. The highest BCUT2D eigenvalue weighted by Crippen LogP contribution is 2.18. The largest absolute Gasteiger partial charge is 0.176 e. The first-order valence-electron chi connectivity index (χ1n) is 3.74. The smallest absolute Gasteiger partial charge is 0.0638 e. The van der Waals surface area contributed by atoms with E-state index in [1.165, 1.54) is 11.1 Å². The fraction of sp³-hybridized carbons (Fsp3) is 0. The van der Waals surface area contributed by atoms with E-state index in [4.69, 9.17) is 0 Å². The van der Waals surface area contributed by atoms with Gasteiger partial charge in [0.1, 0.15) is 0 Å². The quantitative estimate of drug-likeness (QED) is 0.535. The van der Waals surface area contributed by atoms with Gasteiger partial charge in [0.25, 0.3) is 0 Å². The highest BCUT2D eigenvalue weighted by molar-refractivity contribution is 5.63. The van der Waals surface area contributed by atoms with E-state index in [-0.39, 0.29) is 0 Å². The molecule has 0 unspecified atom stereocenters. The van der Waals surface area contributed by atoms with Crippen LogP contribution in [0.1, 0.15) is 0 Å². The Balaban J connectivity index is 2.46. The summed E-state index contributed by atoms with van der Waals surface area (Å²) in [6, 6.07) is 18.7. The van der Waals surface area contributed by atoms with Gasteiger partial charge in [-0.25, -0.2) is 0 Å². The average Bonchev–Trinajstić information content (AvgIpc) is 2.58. The molecular weight excluding hydrogens is 132 g/mol. The lowest BCUT2D eigenvalue weighted by Gasteiger charge is -2.02. The van der Waals surface area contributed by atoms with Gasteiger partial charge >= 0.3 is 0 Å². The van der Waals surface area contributed by atoms with E-state index in [9.17, 15) is 0 Å². The third kappa shape index (κ3) is 1.20. The van der Waals surface area contributed by atoms with Crippen molar-refractivity contribution in [1.82, 2.24) is 0 Å². The van der Waals surface area contributed by atoms with E-state index in [0.29, 0.717) is 0 Å². The van der Waals surface area contributed by atoms with Crippen molar-refractivity contribution in [3.63, 3.8) is 0 Å². The zero-order valence-electron chi connectivity index (χ0n) is 6.20. The van der Waals surface area contributed by atoms with Gasteiger partial charge in [0.2, 0.25) is 0 Å². The van der Waals surface area contributed by atoms with E-state index in [0.717, 1.165) is 0 Å². The molecule has 0 N–H and O–H groups in total. The molecule has 0 amide bonds. The van der Waals surface area contributed by atoms with Crippen molar-refractivity contribution in [1.29, 1.82) is 0 Å². The number of hydrogen-bond donors (Lipinski definition) is 0. The van der Waals surface area contributed by atoms with Gasteiger partial charge < -0.3 is 0 Å². The minimum atomic E-state index is 1.29. The van der Waals surface area contributed by atoms with E-state index in [2.05, 4.69) is 48.5 Å². The van der Waals surface area contributed by atoms with Crippen LogP contribution in [0.4, 0.5) is 0 Å². The van der Waals surface area contributed by atoms with E-state index in [1.807, 2.05) is 6.07 Å². The zero-order chi connectivity index (χ0) is 7.52. The molecule has 0 aliphatic rings. The number of benzene rings is 1. The standard InChI is InChI=1S/C11H9/c1-2-6-10(7-3-1)11-8-4-5-9-11/h1-9H/q-1. The van der Waals surface area contributed by atoms with Crippen molar-refractivity contribution in [2.45, 2.75) is 0 Å². The molecule has 0 aliphatic heterocycles. The van der Waals surface area contributed by atoms with Crippen molar-refractivity contribution in [3.8, 4) is 11.1 Å². The van der Waals surface area contributed by atoms with Crippen LogP contribution in [0.5, 0.6) is 0 Å². The Hall–Kier alpha value is -1.43. The Morgan fingerprint density at radius 3 is 2.27 bits per heavy atom. The second kappa shape index (κ2) is 2.67. The Labute approximate surface area is 66.5 Å². The average molecular weight is 141 g/mol. The van der Waals surface area contributed by atoms with E-state index < -0.39 is 0 Å². The van der Waals surface area contributed by atoms with E-state index >= 15 is 0 Å². The molecule has 0 aromatic heterocycles. The summed E-state index contributed by atoms with van der Waals surface area (Å²) in [5.41, 5.74) is 2.59. The summed E-state index contributed by atoms with van der Waals surface area (Å²) in [4.78, 5) is 0. The lowest BCUT2D eigenvalue weighted by atomic mass is 10.1. The molecule has 0 heterocycles. The monoisotopic (exact) mass is 141 g/mol. The van der Waals surface area contributed by atoms with Crippen LogP contribution in [0, 0.1) is 0 Å². The Bertz CT molecular complexity index is 303. The first kappa shape index (κ1) is 6.29. The molecule has 0 heteroatoms. The molecule has 0 bridgehead atoms. The molecule has 0 aliphatic carbocycles. The van der Waals surface area contributed by atoms with Gasteiger partial charge in [0, 0.05) is 0 Å². The number of rotatable bonds is 1. The predicted molar refractivity (Wildman–Crippen MR) is 47.5 cm³/mol. The molecule has 0 spiro atoms. The summed E-state index contributed by atoms with van der Waals surface area (Å²) in [5, 5.41) is 0. The summed E-state index contributed by atoms with van der Waals surface area (Å²) >= 11 is 0. The van der Waals surface area contributed by atoms with Crippen molar-refractivity contribution in [3.05, 3.63) is 54.6 Å². The van der Waals surface area contributed by atoms with Crippen molar-refractivity contribution >= 4 is 0 Å². The van der Waals surface area contributed by atoms with Crippen molar-refractivity contribution in [2.75, 3.05) is 0 Å². The summed E-state index contributed by atoms with van der Waals surface area (Å²) in [6.45, 7) is 0. The van der Waals surface area contributed by atoms with Crippen molar-refractivity contribution in [2.24, 2.45) is 0 Å². The molecule has 0 saturated carbocycles. The highest BCUT2D eigenvalue weighted by atomic mass is 14.0. The maximum absolute atomic E-state index is 2.12. The van der Waals surface area contributed by atoms with Gasteiger partial charge in [-0.15, -0.1) is 11.6 Å². The predicted octanol–water partition coefficient (Wildman–Crippen LogP) is 3.07. The molecule has 11 heavy (non-hydrogen) atoms. The fourth-order valence-corrected chi connectivity index (χ4v) is 1.20. The first-order chi connectivity index (χ1) is 5.47. The maximum Gasteiger partial charge on any atom is -0.0638 e. The maximum atomic E-state index is 2.12. The Morgan fingerprint density at radius 2 is 1.64 bits per heavy atom. The normalized spacial score (nSPS) is 9.82. The van der Waals surface area contributed by atoms with Gasteiger partial charge in [0.15, 0.2) is 0 Å². The van der Waals surface area contributed by atoms with Crippen LogP contribution in [0.25, 0.3) is 11.1 Å². The molecular formula is C11H9-. The molecule has 2 aromatic carbocycles. The highest BCUT2D eigenvalue weighted by Gasteiger charge is 1.84. The lowest BCUT2D eigenvalue weighted by Crippen LogP contribution is -1.69. The zero-order valence-corrected chi connectivity index (χ0v) is 6.20. The summed E-state index contributed by atoms with van der Waals surface area (Å²) in [7, 11) is 0. The van der Waals surface area contributed by atoms with Gasteiger partial charge in [-0.1, -0.05) is 30.3 Å². The lowest BCUT2D eigenvalue weighted by molar-refractivity contribution is 1.68. The molecule has 0 nitrogen and oxygen atoms in total. The molecule has 0 atom stereocenters. The second-order valence-corrected chi connectivity index (χ2v) is 2.54. The van der Waals surface area contributed by atoms with Crippen LogP contribution in [0.3, 0.4) is 0 Å². The molecule has 0 fully saturated rings. The molecule has 0 saturated heterocycles. The fourth-order valence-electron chi connectivity index (χ4n) is 1.20. The number of hydrogen-bond acceptors (Lipinski definition) is 0. The summed E-state index contributed by atoms with van der Waals surface area (Å²) in [6.07, 6.45) is 0. The molecule has 0 radical (unpaired) electrons. The van der Waals surface area contributed by atoms with Gasteiger partial charge in [-0.2, -0.15) is 23.8 Å². The van der Waals surface area contributed by atoms with Crippen LogP contribution in [-0.4, -0.2) is 0 Å². The molecule has 2 aromatic rings. The second-order valence-electron chi connectivity index (χ2n) is 2.54. The van der Waals surface area contributed by atoms with Gasteiger partial charge in [-0.3, -0.25) is 0 Å². The van der Waals surface area contributed by atoms with E-state index in [1.54, 1.807) is 0 Å². The van der Waals surface area contributed by atoms with Gasteiger partial charge in [-0.05, 0) is 0 Å². The van der Waals surface area contributed by atoms with Gasteiger partial charge in [0.05, 0.1) is 0 Å². The topological polar surface area (TPSA) is 0 Å². The third-order valence-electron chi connectivity index (χ3n) is 1.77. The summed E-state index contributed by atoms with van der Waals surface area (Å²) < 4.78 is 0. The van der Waals surface area contributed by atoms with Crippen LogP contribution in [-0.2, 0) is 0 Å². The SMILES string of the molecule is c1ccc(-c2ccc[cH-]2)cc1. The summed E-state index contributed by atoms with van der Waals surface area (Å²) in [5.74, 6) is 0.